The maximum atomic E-state index is 13.3. The van der Waals surface area contributed by atoms with Gasteiger partial charge >= 0.3 is 0 Å². The van der Waals surface area contributed by atoms with E-state index in [1.54, 1.807) is 10.7 Å². The fourth-order valence-corrected chi connectivity index (χ4v) is 3.50. The molecule has 0 spiro atoms. The molecule has 0 saturated carbocycles. The predicted molar refractivity (Wildman–Crippen MR) is 102 cm³/mol. The number of hydrogen-bond acceptors (Lipinski definition) is 5. The van der Waals surface area contributed by atoms with Crippen molar-refractivity contribution < 1.29 is 23.4 Å². The van der Waals surface area contributed by atoms with Gasteiger partial charge in [0.05, 0.1) is 23.9 Å². The van der Waals surface area contributed by atoms with Crippen molar-refractivity contribution >= 4 is 23.2 Å². The molecule has 148 valence electrons. The van der Waals surface area contributed by atoms with E-state index in [1.807, 2.05) is 18.2 Å². The number of hydrogen-bond donors (Lipinski definition) is 1. The van der Waals surface area contributed by atoms with Crippen LogP contribution in [0.5, 0.6) is 11.5 Å². The Morgan fingerprint density at radius 2 is 2.03 bits per heavy atom. The number of carbonyl (C=O) groups is 1. The van der Waals surface area contributed by atoms with Crippen molar-refractivity contribution in [3.05, 3.63) is 70.3 Å². The molecule has 3 aromatic rings. The lowest BCUT2D eigenvalue weighted by molar-refractivity contribution is -0.00127. The van der Waals surface area contributed by atoms with E-state index in [0.29, 0.717) is 30.3 Å². The van der Waals surface area contributed by atoms with Crippen molar-refractivity contribution in [1.29, 1.82) is 0 Å². The number of nitrogens with one attached hydrogen (secondary N) is 1. The van der Waals surface area contributed by atoms with Crippen LogP contribution in [0.25, 0.3) is 0 Å². The van der Waals surface area contributed by atoms with Crippen LogP contribution in [0.1, 0.15) is 27.8 Å². The smallest absolute Gasteiger partial charge is 0.276 e. The molecular weight excluding hydrogens is 401 g/mol. The second-order valence-corrected chi connectivity index (χ2v) is 7.11. The molecule has 0 bridgehead atoms. The molecule has 29 heavy (non-hydrogen) atoms. The van der Waals surface area contributed by atoms with Crippen molar-refractivity contribution in [3.63, 3.8) is 0 Å². The maximum absolute atomic E-state index is 13.3. The number of halogens is 2. The predicted octanol–water partition coefficient (Wildman–Crippen LogP) is 3.93. The van der Waals surface area contributed by atoms with Gasteiger partial charge in [-0.15, -0.1) is 0 Å². The van der Waals surface area contributed by atoms with Crippen LogP contribution in [0.2, 0.25) is 5.02 Å². The molecule has 0 unspecified atom stereocenters. The minimum Gasteiger partial charge on any atom is -0.454 e. The molecule has 1 N–H and O–H groups in total. The van der Waals surface area contributed by atoms with Crippen LogP contribution >= 0.6 is 11.6 Å². The van der Waals surface area contributed by atoms with Crippen molar-refractivity contribution in [2.24, 2.45) is 0 Å². The summed E-state index contributed by atoms with van der Waals surface area (Å²) in [6.45, 7) is 0.998. The highest BCUT2D eigenvalue weighted by Gasteiger charge is 2.26. The SMILES string of the molecule is O=C(Nc1ccc(F)c(Cl)c1)c1cc2n(n1)C[C@H](c1ccc3c(c1)OCO3)OC2. The molecular formula is C20H15ClFN3O4. The molecule has 0 aliphatic carbocycles. The van der Waals surface area contributed by atoms with Gasteiger partial charge in [-0.3, -0.25) is 9.48 Å². The number of fused-ring (bicyclic) bond motifs is 2. The molecule has 0 saturated heterocycles. The molecule has 9 heteroatoms. The fourth-order valence-electron chi connectivity index (χ4n) is 3.32. The van der Waals surface area contributed by atoms with Gasteiger partial charge in [-0.1, -0.05) is 17.7 Å². The molecule has 3 heterocycles. The first-order valence-corrected chi connectivity index (χ1v) is 9.29. The Kier molecular flexibility index (Phi) is 4.37. The largest absolute Gasteiger partial charge is 0.454 e. The number of carbonyl (C=O) groups excluding carboxylic acids is 1. The third-order valence-corrected chi connectivity index (χ3v) is 5.10. The average Bonchev–Trinajstić information content (AvgIpc) is 3.36. The Morgan fingerprint density at radius 1 is 1.17 bits per heavy atom. The van der Waals surface area contributed by atoms with Crippen molar-refractivity contribution in [2.75, 3.05) is 12.1 Å². The first-order valence-electron chi connectivity index (χ1n) is 8.91. The second-order valence-electron chi connectivity index (χ2n) is 6.70. The Labute approximate surface area is 169 Å². The lowest BCUT2D eigenvalue weighted by atomic mass is 10.1. The van der Waals surface area contributed by atoms with Crippen LogP contribution in [-0.2, 0) is 17.9 Å². The summed E-state index contributed by atoms with van der Waals surface area (Å²) in [5.74, 6) is 0.447. The summed E-state index contributed by atoms with van der Waals surface area (Å²) in [6, 6.07) is 11.3. The summed E-state index contributed by atoms with van der Waals surface area (Å²) in [7, 11) is 0. The fraction of sp³-hybridized carbons (Fsp3) is 0.200. The quantitative estimate of drug-likeness (QED) is 0.701. The minimum absolute atomic E-state index is 0.0631. The molecule has 5 rings (SSSR count). The Hall–Kier alpha value is -3.10. The maximum Gasteiger partial charge on any atom is 0.276 e. The van der Waals surface area contributed by atoms with E-state index < -0.39 is 11.7 Å². The molecule has 1 aromatic heterocycles. The van der Waals surface area contributed by atoms with Gasteiger partial charge in [0, 0.05) is 5.69 Å². The van der Waals surface area contributed by atoms with Crippen molar-refractivity contribution in [1.82, 2.24) is 9.78 Å². The molecule has 0 fully saturated rings. The summed E-state index contributed by atoms with van der Waals surface area (Å²) >= 11 is 5.76. The van der Waals surface area contributed by atoms with Gasteiger partial charge in [-0.25, -0.2) is 4.39 Å². The number of amides is 1. The number of rotatable bonds is 3. The monoisotopic (exact) mass is 415 g/mol. The number of aromatic nitrogens is 2. The normalized spacial score (nSPS) is 17.1. The van der Waals surface area contributed by atoms with Crippen LogP contribution in [0.3, 0.4) is 0 Å². The van der Waals surface area contributed by atoms with Crippen LogP contribution in [0, 0.1) is 5.82 Å². The van der Waals surface area contributed by atoms with Crippen LogP contribution in [0.4, 0.5) is 10.1 Å². The van der Waals surface area contributed by atoms with E-state index in [-0.39, 0.29) is 23.6 Å². The topological polar surface area (TPSA) is 74.6 Å². The number of anilines is 1. The Balaban J connectivity index is 1.32. The lowest BCUT2D eigenvalue weighted by Crippen LogP contribution is -2.22. The molecule has 2 aromatic carbocycles. The van der Waals surface area contributed by atoms with Gasteiger partial charge < -0.3 is 19.5 Å². The van der Waals surface area contributed by atoms with Gasteiger partial charge in [0.25, 0.3) is 5.91 Å². The van der Waals surface area contributed by atoms with E-state index in [4.69, 9.17) is 25.8 Å². The molecule has 7 nitrogen and oxygen atoms in total. The minimum atomic E-state index is -0.547. The van der Waals surface area contributed by atoms with Gasteiger partial charge in [-0.2, -0.15) is 5.10 Å². The number of nitrogens with zero attached hydrogens (tertiary/aromatic N) is 2. The Morgan fingerprint density at radius 3 is 2.90 bits per heavy atom. The van der Waals surface area contributed by atoms with E-state index in [9.17, 15) is 9.18 Å². The van der Waals surface area contributed by atoms with Gasteiger partial charge in [0.2, 0.25) is 6.79 Å². The van der Waals surface area contributed by atoms with Crippen LogP contribution in [-0.4, -0.2) is 22.5 Å². The van der Waals surface area contributed by atoms with Gasteiger partial charge in [0.1, 0.15) is 11.9 Å². The lowest BCUT2D eigenvalue weighted by Gasteiger charge is -2.24. The third kappa shape index (κ3) is 3.41. The molecule has 2 aliphatic heterocycles. The number of benzene rings is 2. The summed E-state index contributed by atoms with van der Waals surface area (Å²) in [5.41, 5.74) is 2.38. The second kappa shape index (κ2) is 7.06. The molecule has 1 atom stereocenters. The zero-order valence-corrected chi connectivity index (χ0v) is 15.8. The summed E-state index contributed by atoms with van der Waals surface area (Å²) in [4.78, 5) is 12.5. The zero-order valence-electron chi connectivity index (χ0n) is 15.0. The van der Waals surface area contributed by atoms with E-state index in [1.165, 1.54) is 18.2 Å². The average molecular weight is 416 g/mol. The first-order chi connectivity index (χ1) is 14.1. The molecule has 1 amide bonds. The molecule has 0 radical (unpaired) electrons. The van der Waals surface area contributed by atoms with Crippen LogP contribution < -0.4 is 14.8 Å². The standard InChI is InChI=1S/C20H15ClFN3O4/c21-14-6-12(2-3-15(14)22)23-20(26)16-7-13-9-27-19(8-25(13)24-16)11-1-4-17-18(5-11)29-10-28-17/h1-7,19H,8-10H2,(H,23,26)/t19-/m1/s1. The summed E-state index contributed by atoms with van der Waals surface area (Å²) < 4.78 is 31.7. The highest BCUT2D eigenvalue weighted by atomic mass is 35.5. The summed E-state index contributed by atoms with van der Waals surface area (Å²) in [5, 5.41) is 7.00. The van der Waals surface area contributed by atoms with E-state index in [2.05, 4.69) is 10.4 Å². The van der Waals surface area contributed by atoms with E-state index >= 15 is 0 Å². The molecule has 2 aliphatic rings. The van der Waals surface area contributed by atoms with Crippen molar-refractivity contribution in [3.8, 4) is 11.5 Å². The third-order valence-electron chi connectivity index (χ3n) is 4.81. The zero-order chi connectivity index (χ0) is 20.0. The van der Waals surface area contributed by atoms with Crippen LogP contribution in [0.15, 0.2) is 42.5 Å². The highest BCUT2D eigenvalue weighted by Crippen LogP contribution is 2.36. The van der Waals surface area contributed by atoms with Gasteiger partial charge in [-0.05, 0) is 42.0 Å². The highest BCUT2D eigenvalue weighted by molar-refractivity contribution is 6.31. The Bertz CT molecular complexity index is 1120. The summed E-state index contributed by atoms with van der Waals surface area (Å²) in [6.07, 6.45) is -0.219. The van der Waals surface area contributed by atoms with E-state index in [0.717, 1.165) is 11.3 Å². The first kappa shape index (κ1) is 18.0. The van der Waals surface area contributed by atoms with Crippen molar-refractivity contribution in [2.45, 2.75) is 19.3 Å². The number of ether oxygens (including phenoxy) is 3. The van der Waals surface area contributed by atoms with Gasteiger partial charge in [0.15, 0.2) is 17.2 Å².